The number of hydrogen-bond acceptors (Lipinski definition) is 4. The van der Waals surface area contributed by atoms with E-state index in [1.807, 2.05) is 12.3 Å². The van der Waals surface area contributed by atoms with Gasteiger partial charge in [0.25, 0.3) is 5.56 Å². The van der Waals surface area contributed by atoms with E-state index in [-0.39, 0.29) is 5.56 Å². The van der Waals surface area contributed by atoms with E-state index >= 15 is 0 Å². The molecule has 0 aromatic carbocycles. The maximum absolute atomic E-state index is 11.8. The van der Waals surface area contributed by atoms with Crippen LogP contribution in [0, 0.1) is 5.92 Å². The molecule has 0 radical (unpaired) electrons. The first-order valence-electron chi connectivity index (χ1n) is 7.74. The van der Waals surface area contributed by atoms with Crippen LogP contribution in [0.3, 0.4) is 0 Å². The van der Waals surface area contributed by atoms with Crippen molar-refractivity contribution in [1.82, 2.24) is 9.47 Å². The number of nitrogens with zero attached hydrogens (tertiary/aromatic N) is 2. The number of methoxy groups -OCH3 is 1. The first-order chi connectivity index (χ1) is 10.1. The van der Waals surface area contributed by atoms with Gasteiger partial charge in [0.2, 0.25) is 0 Å². The molecule has 5 heteroatoms. The molecule has 21 heavy (non-hydrogen) atoms. The fourth-order valence-corrected chi connectivity index (χ4v) is 2.98. The summed E-state index contributed by atoms with van der Waals surface area (Å²) < 4.78 is 6.74. The highest BCUT2D eigenvalue weighted by molar-refractivity contribution is 5.41. The second-order valence-electron chi connectivity index (χ2n) is 6.04. The average Bonchev–Trinajstić information content (AvgIpc) is 2.47. The second-order valence-corrected chi connectivity index (χ2v) is 6.04. The quantitative estimate of drug-likeness (QED) is 0.866. The van der Waals surface area contributed by atoms with Crippen LogP contribution in [0.1, 0.15) is 19.8 Å². The van der Waals surface area contributed by atoms with Gasteiger partial charge in [-0.15, -0.1) is 0 Å². The van der Waals surface area contributed by atoms with E-state index in [2.05, 4.69) is 24.2 Å². The van der Waals surface area contributed by atoms with E-state index in [1.54, 1.807) is 17.7 Å². The molecule has 0 aliphatic carbocycles. The molecule has 1 fully saturated rings. The molecular weight excluding hydrogens is 266 g/mol. The number of rotatable bonds is 6. The summed E-state index contributed by atoms with van der Waals surface area (Å²) >= 11 is 0. The second kappa shape index (κ2) is 7.61. The van der Waals surface area contributed by atoms with Crippen molar-refractivity contribution in [1.29, 1.82) is 0 Å². The van der Waals surface area contributed by atoms with Gasteiger partial charge >= 0.3 is 0 Å². The van der Waals surface area contributed by atoms with Crippen LogP contribution in [-0.4, -0.2) is 49.4 Å². The number of ether oxygens (including phenoxy) is 1. The fraction of sp³-hybridized carbons (Fsp3) is 0.688. The Balaban J connectivity index is 1.99. The Morgan fingerprint density at radius 3 is 3.00 bits per heavy atom. The van der Waals surface area contributed by atoms with E-state index in [0.29, 0.717) is 25.1 Å². The zero-order valence-electron chi connectivity index (χ0n) is 13.3. The topological polar surface area (TPSA) is 46.5 Å². The summed E-state index contributed by atoms with van der Waals surface area (Å²) in [6.45, 7) is 5.70. The minimum Gasteiger partial charge on any atom is -0.383 e. The molecule has 2 unspecified atom stereocenters. The lowest BCUT2D eigenvalue weighted by Crippen LogP contribution is -2.40. The van der Waals surface area contributed by atoms with Crippen LogP contribution in [0.15, 0.2) is 23.1 Å². The van der Waals surface area contributed by atoms with Gasteiger partial charge in [0, 0.05) is 38.5 Å². The Morgan fingerprint density at radius 2 is 2.29 bits per heavy atom. The molecule has 5 nitrogen and oxygen atoms in total. The predicted molar refractivity (Wildman–Crippen MR) is 85.9 cm³/mol. The molecule has 2 rings (SSSR count). The smallest absolute Gasteiger partial charge is 0.250 e. The molecule has 2 heterocycles. The summed E-state index contributed by atoms with van der Waals surface area (Å²) in [7, 11) is 3.83. The molecule has 1 N–H and O–H groups in total. The molecule has 0 saturated carbocycles. The van der Waals surface area contributed by atoms with Crippen molar-refractivity contribution in [3.63, 3.8) is 0 Å². The first-order valence-corrected chi connectivity index (χ1v) is 7.74. The summed E-state index contributed by atoms with van der Waals surface area (Å²) in [6, 6.07) is 3.90. The monoisotopic (exact) mass is 293 g/mol. The van der Waals surface area contributed by atoms with Crippen LogP contribution >= 0.6 is 0 Å². The van der Waals surface area contributed by atoms with E-state index < -0.39 is 0 Å². The van der Waals surface area contributed by atoms with Crippen molar-refractivity contribution < 1.29 is 4.74 Å². The molecule has 2 atom stereocenters. The van der Waals surface area contributed by atoms with Gasteiger partial charge in [-0.25, -0.2) is 0 Å². The molecule has 1 aromatic rings. The molecule has 1 aliphatic heterocycles. The summed E-state index contributed by atoms with van der Waals surface area (Å²) in [5.74, 6) is 0.656. The van der Waals surface area contributed by atoms with E-state index in [0.717, 1.165) is 12.2 Å². The first kappa shape index (κ1) is 16.0. The molecule has 0 spiro atoms. The van der Waals surface area contributed by atoms with Crippen LogP contribution in [0.2, 0.25) is 0 Å². The highest BCUT2D eigenvalue weighted by Gasteiger charge is 2.22. The maximum atomic E-state index is 11.8. The summed E-state index contributed by atoms with van der Waals surface area (Å²) in [6.07, 6.45) is 4.42. The van der Waals surface area contributed by atoms with Gasteiger partial charge in [-0.05, 0) is 45.3 Å². The van der Waals surface area contributed by atoms with Crippen LogP contribution in [0.5, 0.6) is 0 Å². The number of likely N-dealkylation sites (tertiary alicyclic amines) is 1. The third kappa shape index (κ3) is 4.58. The van der Waals surface area contributed by atoms with Crippen molar-refractivity contribution >= 4 is 5.69 Å². The Labute approximate surface area is 126 Å². The SMILES string of the molecule is COCCn1cc(NC(C)C2CCCN(C)C2)ccc1=O. The minimum atomic E-state index is 0.0163. The maximum Gasteiger partial charge on any atom is 0.250 e. The predicted octanol–water partition coefficient (Wildman–Crippen LogP) is 1.64. The van der Waals surface area contributed by atoms with Gasteiger partial charge in [-0.3, -0.25) is 4.79 Å². The normalized spacial score (nSPS) is 21.2. The lowest BCUT2D eigenvalue weighted by molar-refractivity contribution is 0.186. The van der Waals surface area contributed by atoms with E-state index in [9.17, 15) is 4.79 Å². The summed E-state index contributed by atoms with van der Waals surface area (Å²) in [4.78, 5) is 14.2. The Bertz CT molecular complexity index is 501. The molecular formula is C16H27N3O2. The third-order valence-electron chi connectivity index (χ3n) is 4.28. The summed E-state index contributed by atoms with van der Waals surface area (Å²) in [5.41, 5.74) is 1.02. The van der Waals surface area contributed by atoms with Crippen molar-refractivity contribution in [3.05, 3.63) is 28.7 Å². The number of piperidine rings is 1. The van der Waals surface area contributed by atoms with Crippen LogP contribution in [0.25, 0.3) is 0 Å². The molecule has 0 bridgehead atoms. The molecule has 1 aromatic heterocycles. The highest BCUT2D eigenvalue weighted by Crippen LogP contribution is 2.21. The molecule has 1 saturated heterocycles. The van der Waals surface area contributed by atoms with Crippen molar-refractivity contribution in [2.24, 2.45) is 5.92 Å². The zero-order valence-corrected chi connectivity index (χ0v) is 13.3. The van der Waals surface area contributed by atoms with Crippen molar-refractivity contribution in [2.45, 2.75) is 32.4 Å². The lowest BCUT2D eigenvalue weighted by atomic mass is 9.92. The van der Waals surface area contributed by atoms with E-state index in [1.165, 1.54) is 19.4 Å². The average molecular weight is 293 g/mol. The van der Waals surface area contributed by atoms with Gasteiger partial charge in [0.1, 0.15) is 0 Å². The highest BCUT2D eigenvalue weighted by atomic mass is 16.5. The Hall–Kier alpha value is -1.33. The molecule has 118 valence electrons. The third-order valence-corrected chi connectivity index (χ3v) is 4.28. The van der Waals surface area contributed by atoms with Gasteiger partial charge in [0.05, 0.1) is 12.3 Å². The Morgan fingerprint density at radius 1 is 1.48 bits per heavy atom. The number of aromatic nitrogens is 1. The summed E-state index contributed by atoms with van der Waals surface area (Å²) in [5, 5.41) is 3.55. The van der Waals surface area contributed by atoms with Crippen LogP contribution < -0.4 is 10.9 Å². The molecule has 1 aliphatic rings. The number of nitrogens with one attached hydrogen (secondary N) is 1. The van der Waals surface area contributed by atoms with Crippen LogP contribution in [-0.2, 0) is 11.3 Å². The number of anilines is 1. The van der Waals surface area contributed by atoms with Crippen molar-refractivity contribution in [2.75, 3.05) is 39.2 Å². The Kier molecular flexibility index (Phi) is 5.82. The van der Waals surface area contributed by atoms with Gasteiger partial charge in [0.15, 0.2) is 0 Å². The minimum absolute atomic E-state index is 0.0163. The zero-order chi connectivity index (χ0) is 15.2. The number of pyridine rings is 1. The largest absolute Gasteiger partial charge is 0.383 e. The molecule has 0 amide bonds. The van der Waals surface area contributed by atoms with Crippen molar-refractivity contribution in [3.8, 4) is 0 Å². The van der Waals surface area contributed by atoms with Crippen LogP contribution in [0.4, 0.5) is 5.69 Å². The van der Waals surface area contributed by atoms with Gasteiger partial charge in [-0.1, -0.05) is 0 Å². The lowest BCUT2D eigenvalue weighted by Gasteiger charge is -2.34. The standard InChI is InChI=1S/C16H27N3O2/c1-13(14-5-4-8-18(2)11-14)17-15-6-7-16(20)19(12-15)9-10-21-3/h6-7,12-14,17H,4-5,8-11H2,1-3H3. The van der Waals surface area contributed by atoms with Gasteiger partial charge < -0.3 is 19.5 Å². The van der Waals surface area contributed by atoms with E-state index in [4.69, 9.17) is 4.74 Å². The fourth-order valence-electron chi connectivity index (χ4n) is 2.98. The van der Waals surface area contributed by atoms with Gasteiger partial charge in [-0.2, -0.15) is 0 Å². The number of hydrogen-bond donors (Lipinski definition) is 1.